The Bertz CT molecular complexity index is 607. The first-order chi connectivity index (χ1) is 10.2. The lowest BCUT2D eigenvalue weighted by Crippen LogP contribution is -2.34. The molecular weight excluding hydrogens is 284 g/mol. The highest BCUT2D eigenvalue weighted by molar-refractivity contribution is 8.00. The zero-order chi connectivity index (χ0) is 14.7. The molecule has 6 heteroatoms. The van der Waals surface area contributed by atoms with Gasteiger partial charge in [0.15, 0.2) is 5.82 Å². The summed E-state index contributed by atoms with van der Waals surface area (Å²) in [7, 11) is 0. The molecule has 21 heavy (non-hydrogen) atoms. The number of hydrogen-bond acceptors (Lipinski definition) is 4. The topological polar surface area (TPSA) is 61.9 Å². The van der Waals surface area contributed by atoms with Crippen molar-refractivity contribution in [2.75, 3.05) is 13.1 Å². The second-order valence-corrected chi connectivity index (χ2v) is 6.43. The molecule has 0 radical (unpaired) electrons. The van der Waals surface area contributed by atoms with E-state index in [1.165, 1.54) is 11.8 Å². The van der Waals surface area contributed by atoms with Crippen LogP contribution in [0.4, 0.5) is 0 Å². The number of carbonyl (C=O) groups is 1. The Morgan fingerprint density at radius 3 is 2.71 bits per heavy atom. The predicted octanol–water partition coefficient (Wildman–Crippen LogP) is 2.57. The molecule has 1 aliphatic heterocycles. The molecule has 3 rings (SSSR count). The van der Waals surface area contributed by atoms with Gasteiger partial charge in [0.1, 0.15) is 0 Å². The first kappa shape index (κ1) is 14.1. The fraction of sp³-hybridized carbons (Fsp3) is 0.400. The first-order valence-corrected chi connectivity index (χ1v) is 8.05. The molecule has 0 spiro atoms. The first-order valence-electron chi connectivity index (χ1n) is 7.17. The molecular formula is C15H18N4OS. The SMILES string of the molecule is C[C@@H](Sc1n[nH]c(-c2ccccc2)n1)C(=O)N1CCCC1. The normalized spacial score (nSPS) is 16.1. The van der Waals surface area contributed by atoms with Crippen LogP contribution in [0.25, 0.3) is 11.4 Å². The maximum absolute atomic E-state index is 12.3. The van der Waals surface area contributed by atoms with E-state index in [1.54, 1.807) is 0 Å². The molecule has 1 aromatic carbocycles. The number of nitrogens with zero attached hydrogens (tertiary/aromatic N) is 3. The lowest BCUT2D eigenvalue weighted by atomic mass is 10.2. The maximum Gasteiger partial charge on any atom is 0.235 e. The molecule has 2 heterocycles. The third-order valence-electron chi connectivity index (χ3n) is 3.56. The van der Waals surface area contributed by atoms with Gasteiger partial charge in [0.25, 0.3) is 0 Å². The van der Waals surface area contributed by atoms with Crippen LogP contribution in [0.5, 0.6) is 0 Å². The van der Waals surface area contributed by atoms with Crippen LogP contribution < -0.4 is 0 Å². The van der Waals surface area contributed by atoms with Crippen LogP contribution in [0.3, 0.4) is 0 Å². The lowest BCUT2D eigenvalue weighted by molar-refractivity contribution is -0.129. The number of aromatic amines is 1. The minimum atomic E-state index is -0.150. The van der Waals surface area contributed by atoms with Crippen molar-refractivity contribution < 1.29 is 4.79 Å². The Kier molecular flexibility index (Phi) is 4.24. The number of carbonyl (C=O) groups excluding carboxylic acids is 1. The average Bonchev–Trinajstić information content (AvgIpc) is 3.19. The molecule has 0 aliphatic carbocycles. The van der Waals surface area contributed by atoms with Gasteiger partial charge in [-0.3, -0.25) is 9.89 Å². The van der Waals surface area contributed by atoms with Gasteiger partial charge in [-0.05, 0) is 19.8 Å². The minimum Gasteiger partial charge on any atom is -0.342 e. The number of amides is 1. The van der Waals surface area contributed by atoms with Crippen molar-refractivity contribution in [3.63, 3.8) is 0 Å². The van der Waals surface area contributed by atoms with Crippen LogP contribution in [0.2, 0.25) is 0 Å². The van der Waals surface area contributed by atoms with Crippen LogP contribution in [0.15, 0.2) is 35.5 Å². The minimum absolute atomic E-state index is 0.150. The van der Waals surface area contributed by atoms with E-state index < -0.39 is 0 Å². The summed E-state index contributed by atoms with van der Waals surface area (Å²) < 4.78 is 0. The fourth-order valence-corrected chi connectivity index (χ4v) is 3.24. The predicted molar refractivity (Wildman–Crippen MR) is 83.0 cm³/mol. The van der Waals surface area contributed by atoms with Crippen molar-refractivity contribution in [2.45, 2.75) is 30.2 Å². The van der Waals surface area contributed by atoms with E-state index in [2.05, 4.69) is 15.2 Å². The highest BCUT2D eigenvalue weighted by Gasteiger charge is 2.25. The Balaban J connectivity index is 1.65. The number of aromatic nitrogens is 3. The number of nitrogens with one attached hydrogen (secondary N) is 1. The molecule has 2 aromatic rings. The van der Waals surface area contributed by atoms with Gasteiger partial charge in [-0.1, -0.05) is 42.1 Å². The molecule has 1 N–H and O–H groups in total. The van der Waals surface area contributed by atoms with Crippen molar-refractivity contribution in [3.05, 3.63) is 30.3 Å². The quantitative estimate of drug-likeness (QED) is 0.882. The van der Waals surface area contributed by atoms with E-state index in [9.17, 15) is 4.79 Å². The van der Waals surface area contributed by atoms with Crippen LogP contribution in [0.1, 0.15) is 19.8 Å². The Hall–Kier alpha value is -1.82. The van der Waals surface area contributed by atoms with Crippen molar-refractivity contribution >= 4 is 17.7 Å². The number of hydrogen-bond donors (Lipinski definition) is 1. The van der Waals surface area contributed by atoms with Gasteiger partial charge in [0.2, 0.25) is 11.1 Å². The van der Waals surface area contributed by atoms with Crippen molar-refractivity contribution in [3.8, 4) is 11.4 Å². The molecule has 1 amide bonds. The van der Waals surface area contributed by atoms with Gasteiger partial charge < -0.3 is 4.90 Å². The van der Waals surface area contributed by atoms with E-state index in [1.807, 2.05) is 42.2 Å². The van der Waals surface area contributed by atoms with Gasteiger partial charge in [0, 0.05) is 18.7 Å². The van der Waals surface area contributed by atoms with E-state index in [0.29, 0.717) is 5.16 Å². The molecule has 1 atom stereocenters. The largest absolute Gasteiger partial charge is 0.342 e. The Morgan fingerprint density at radius 1 is 1.29 bits per heavy atom. The molecule has 0 unspecified atom stereocenters. The summed E-state index contributed by atoms with van der Waals surface area (Å²) in [5.74, 6) is 0.919. The monoisotopic (exact) mass is 302 g/mol. The molecule has 110 valence electrons. The zero-order valence-electron chi connectivity index (χ0n) is 12.0. The van der Waals surface area contributed by atoms with E-state index in [0.717, 1.165) is 37.3 Å². The van der Waals surface area contributed by atoms with E-state index >= 15 is 0 Å². The van der Waals surface area contributed by atoms with Crippen LogP contribution in [0, 0.1) is 0 Å². The van der Waals surface area contributed by atoms with Gasteiger partial charge >= 0.3 is 0 Å². The number of benzene rings is 1. The summed E-state index contributed by atoms with van der Waals surface area (Å²) in [6, 6.07) is 9.85. The second kappa shape index (κ2) is 6.30. The zero-order valence-corrected chi connectivity index (χ0v) is 12.8. The summed E-state index contributed by atoms with van der Waals surface area (Å²) >= 11 is 1.41. The number of rotatable bonds is 4. The van der Waals surface area contributed by atoms with Crippen LogP contribution in [-0.2, 0) is 4.79 Å². The molecule has 1 aromatic heterocycles. The number of H-pyrrole nitrogens is 1. The molecule has 1 fully saturated rings. The highest BCUT2D eigenvalue weighted by Crippen LogP contribution is 2.24. The Labute approximate surface area is 128 Å². The molecule has 0 saturated carbocycles. The standard InChI is InChI=1S/C15H18N4OS/c1-11(14(20)19-9-5-6-10-19)21-15-16-13(17-18-15)12-7-3-2-4-8-12/h2-4,7-8,11H,5-6,9-10H2,1H3,(H,16,17,18)/t11-/m1/s1. The highest BCUT2D eigenvalue weighted by atomic mass is 32.2. The maximum atomic E-state index is 12.3. The van der Waals surface area contributed by atoms with Gasteiger partial charge in [0.05, 0.1) is 5.25 Å². The summed E-state index contributed by atoms with van der Waals surface area (Å²) in [5.41, 5.74) is 0.996. The van der Waals surface area contributed by atoms with E-state index in [-0.39, 0.29) is 11.2 Å². The summed E-state index contributed by atoms with van der Waals surface area (Å²) in [5, 5.41) is 7.60. The van der Waals surface area contributed by atoms with E-state index in [4.69, 9.17) is 0 Å². The van der Waals surface area contributed by atoms with Crippen molar-refractivity contribution in [2.24, 2.45) is 0 Å². The van der Waals surface area contributed by atoms with Crippen LogP contribution >= 0.6 is 11.8 Å². The lowest BCUT2D eigenvalue weighted by Gasteiger charge is -2.18. The average molecular weight is 302 g/mol. The summed E-state index contributed by atoms with van der Waals surface area (Å²) in [6.07, 6.45) is 2.23. The summed E-state index contributed by atoms with van der Waals surface area (Å²) in [6.45, 7) is 3.68. The summed E-state index contributed by atoms with van der Waals surface area (Å²) in [4.78, 5) is 18.7. The van der Waals surface area contributed by atoms with Gasteiger partial charge in [-0.15, -0.1) is 5.10 Å². The van der Waals surface area contributed by atoms with Crippen LogP contribution in [-0.4, -0.2) is 44.3 Å². The molecule has 5 nitrogen and oxygen atoms in total. The van der Waals surface area contributed by atoms with Gasteiger partial charge in [-0.25, -0.2) is 4.98 Å². The van der Waals surface area contributed by atoms with Crippen molar-refractivity contribution in [1.29, 1.82) is 0 Å². The number of thioether (sulfide) groups is 1. The third-order valence-corrected chi connectivity index (χ3v) is 4.51. The van der Waals surface area contributed by atoms with Crippen molar-refractivity contribution in [1.82, 2.24) is 20.1 Å². The fourth-order valence-electron chi connectivity index (χ4n) is 2.43. The third kappa shape index (κ3) is 3.26. The molecule has 1 saturated heterocycles. The number of likely N-dealkylation sites (tertiary alicyclic amines) is 1. The van der Waals surface area contributed by atoms with Gasteiger partial charge in [-0.2, -0.15) is 0 Å². The molecule has 0 bridgehead atoms. The second-order valence-electron chi connectivity index (χ2n) is 5.13. The Morgan fingerprint density at radius 2 is 2.00 bits per heavy atom. The smallest absolute Gasteiger partial charge is 0.235 e. The molecule has 1 aliphatic rings.